The molecule has 0 aliphatic carbocycles. The average Bonchev–Trinajstić information content (AvgIpc) is 2.87. The Kier molecular flexibility index (Phi) is 5.62. The van der Waals surface area contributed by atoms with Crippen molar-refractivity contribution in [2.45, 2.75) is 38.8 Å². The Balaban J connectivity index is 2.82. The van der Waals surface area contributed by atoms with Gasteiger partial charge in [-0.2, -0.15) is 0 Å². The fraction of sp³-hybridized carbons (Fsp3) is 0.571. The number of likely N-dealkylation sites (tertiary alicyclic amines) is 1. The number of nitrogens with zero attached hydrogens (tertiary/aromatic N) is 2. The van der Waals surface area contributed by atoms with E-state index in [0.717, 1.165) is 25.7 Å². The molecule has 4 nitrogen and oxygen atoms in total. The summed E-state index contributed by atoms with van der Waals surface area (Å²) in [5, 5.41) is 0. The van der Waals surface area contributed by atoms with E-state index in [1.54, 1.807) is 9.80 Å². The van der Waals surface area contributed by atoms with Crippen LogP contribution in [0, 0.1) is 0 Å². The highest BCUT2D eigenvalue weighted by molar-refractivity contribution is 5.90. The van der Waals surface area contributed by atoms with Crippen molar-refractivity contribution >= 4 is 11.8 Å². The number of carbonyl (C=O) groups excluding carboxylic acids is 2. The smallest absolute Gasteiger partial charge is 0.247 e. The minimum atomic E-state index is -0.132. The van der Waals surface area contributed by atoms with Gasteiger partial charge in [-0.15, -0.1) is 0 Å². The Morgan fingerprint density at radius 2 is 2.11 bits per heavy atom. The zero-order chi connectivity index (χ0) is 13.5. The largest absolute Gasteiger partial charge is 0.319 e. The van der Waals surface area contributed by atoms with E-state index >= 15 is 0 Å². The first-order chi connectivity index (χ1) is 8.65. The van der Waals surface area contributed by atoms with Gasteiger partial charge < -0.3 is 9.80 Å². The van der Waals surface area contributed by atoms with E-state index in [2.05, 4.69) is 20.1 Å². The number of rotatable bonds is 6. The van der Waals surface area contributed by atoms with Crippen LogP contribution in [0.15, 0.2) is 25.3 Å². The van der Waals surface area contributed by atoms with Crippen molar-refractivity contribution in [3.05, 3.63) is 25.3 Å². The van der Waals surface area contributed by atoms with Gasteiger partial charge in [0.05, 0.1) is 0 Å². The van der Waals surface area contributed by atoms with Crippen molar-refractivity contribution in [3.8, 4) is 0 Å². The van der Waals surface area contributed by atoms with Crippen LogP contribution in [0.25, 0.3) is 0 Å². The summed E-state index contributed by atoms with van der Waals surface area (Å²) in [5.74, 6) is -0.201. The second kappa shape index (κ2) is 6.99. The Bertz CT molecular complexity index is 339. The molecule has 1 fully saturated rings. The van der Waals surface area contributed by atoms with Crippen molar-refractivity contribution in [2.75, 3.05) is 13.1 Å². The Morgan fingerprint density at radius 3 is 2.67 bits per heavy atom. The summed E-state index contributed by atoms with van der Waals surface area (Å²) in [7, 11) is 0. The van der Waals surface area contributed by atoms with E-state index in [1.807, 2.05) is 0 Å². The second-order valence-corrected chi connectivity index (χ2v) is 4.45. The average molecular weight is 250 g/mol. The van der Waals surface area contributed by atoms with Crippen LogP contribution in [0.1, 0.15) is 32.6 Å². The molecule has 4 heteroatoms. The van der Waals surface area contributed by atoms with Crippen LogP contribution >= 0.6 is 0 Å². The van der Waals surface area contributed by atoms with Crippen LogP contribution in [0.2, 0.25) is 0 Å². The van der Waals surface area contributed by atoms with E-state index in [4.69, 9.17) is 0 Å². The van der Waals surface area contributed by atoms with E-state index < -0.39 is 0 Å². The second-order valence-electron chi connectivity index (χ2n) is 4.45. The lowest BCUT2D eigenvalue weighted by molar-refractivity contribution is -0.138. The molecule has 0 aromatic carbocycles. The molecule has 1 aliphatic heterocycles. The fourth-order valence-electron chi connectivity index (χ4n) is 2.30. The summed E-state index contributed by atoms with van der Waals surface area (Å²) < 4.78 is 0. The third-order valence-corrected chi connectivity index (χ3v) is 3.25. The van der Waals surface area contributed by atoms with E-state index in [-0.39, 0.29) is 18.0 Å². The van der Waals surface area contributed by atoms with E-state index in [9.17, 15) is 9.59 Å². The minimum Gasteiger partial charge on any atom is -0.319 e. The summed E-state index contributed by atoms with van der Waals surface area (Å²) in [4.78, 5) is 27.1. The van der Waals surface area contributed by atoms with Gasteiger partial charge in [-0.1, -0.05) is 26.5 Å². The summed E-state index contributed by atoms with van der Waals surface area (Å²) in [6, 6.07) is 0. The van der Waals surface area contributed by atoms with Crippen LogP contribution in [-0.4, -0.2) is 40.9 Å². The molecule has 1 heterocycles. The molecular weight excluding hydrogens is 228 g/mol. The first kappa shape index (κ1) is 14.5. The van der Waals surface area contributed by atoms with Gasteiger partial charge >= 0.3 is 0 Å². The maximum absolute atomic E-state index is 11.9. The van der Waals surface area contributed by atoms with Crippen molar-refractivity contribution in [2.24, 2.45) is 0 Å². The fourth-order valence-corrected chi connectivity index (χ4v) is 2.30. The molecule has 1 aliphatic rings. The first-order valence-corrected chi connectivity index (χ1v) is 6.51. The van der Waals surface area contributed by atoms with Gasteiger partial charge in [0.25, 0.3) is 0 Å². The van der Waals surface area contributed by atoms with E-state index in [1.165, 1.54) is 12.2 Å². The topological polar surface area (TPSA) is 40.6 Å². The summed E-state index contributed by atoms with van der Waals surface area (Å²) in [5.41, 5.74) is 0. The molecule has 2 amide bonds. The molecule has 1 atom stereocenters. The van der Waals surface area contributed by atoms with Gasteiger partial charge in [0.1, 0.15) is 6.17 Å². The van der Waals surface area contributed by atoms with Crippen molar-refractivity contribution in [3.63, 3.8) is 0 Å². The maximum atomic E-state index is 11.9. The van der Waals surface area contributed by atoms with Crippen molar-refractivity contribution in [1.82, 2.24) is 9.80 Å². The molecule has 0 spiro atoms. The van der Waals surface area contributed by atoms with Crippen LogP contribution in [0.5, 0.6) is 0 Å². The quantitative estimate of drug-likeness (QED) is 0.676. The Morgan fingerprint density at radius 1 is 1.39 bits per heavy atom. The number of amides is 2. The summed E-state index contributed by atoms with van der Waals surface area (Å²) in [6.07, 6.45) is 6.22. The summed E-state index contributed by atoms with van der Waals surface area (Å²) in [6.45, 7) is 10.5. The van der Waals surface area contributed by atoms with Gasteiger partial charge in [-0.25, -0.2) is 0 Å². The normalized spacial score (nSPS) is 18.5. The maximum Gasteiger partial charge on any atom is 0.247 e. The van der Waals surface area contributed by atoms with Gasteiger partial charge in [0.2, 0.25) is 11.8 Å². The van der Waals surface area contributed by atoms with Gasteiger partial charge in [0.15, 0.2) is 0 Å². The molecule has 0 bridgehead atoms. The molecule has 1 rings (SSSR count). The molecule has 1 unspecified atom stereocenters. The number of unbranched alkanes of at least 4 members (excludes halogenated alkanes) is 1. The van der Waals surface area contributed by atoms with Crippen LogP contribution in [0.4, 0.5) is 0 Å². The predicted octanol–water partition coefficient (Wildman–Crippen LogP) is 1.94. The monoisotopic (exact) mass is 250 g/mol. The summed E-state index contributed by atoms with van der Waals surface area (Å²) >= 11 is 0. The first-order valence-electron chi connectivity index (χ1n) is 6.51. The minimum absolute atomic E-state index is 0.0998. The lowest BCUT2D eigenvalue weighted by Gasteiger charge is -2.34. The molecule has 0 aromatic rings. The lowest BCUT2D eigenvalue weighted by atomic mass is 10.2. The zero-order valence-electron chi connectivity index (χ0n) is 11.1. The predicted molar refractivity (Wildman–Crippen MR) is 71.8 cm³/mol. The number of hydrogen-bond donors (Lipinski definition) is 0. The standard InChI is InChI=1S/C14H22N2O2/c1-4-7-10-15(13(17)5-2)12-9-8-11-16(12)14(18)6-3/h5-6,12H,2-4,7-11H2,1H3. The number of hydrogen-bond acceptors (Lipinski definition) is 2. The van der Waals surface area contributed by atoms with Crippen molar-refractivity contribution in [1.29, 1.82) is 0 Å². The number of carbonyl (C=O) groups is 2. The molecule has 0 radical (unpaired) electrons. The Hall–Kier alpha value is -1.58. The van der Waals surface area contributed by atoms with Crippen LogP contribution < -0.4 is 0 Å². The third-order valence-electron chi connectivity index (χ3n) is 3.25. The highest BCUT2D eigenvalue weighted by Crippen LogP contribution is 2.22. The van der Waals surface area contributed by atoms with Gasteiger partial charge in [0, 0.05) is 13.1 Å². The Labute approximate surface area is 109 Å². The lowest BCUT2D eigenvalue weighted by Crippen LogP contribution is -2.49. The SMILES string of the molecule is C=CC(=O)N(CCCC)C1CCCN1C(=O)C=C. The third kappa shape index (κ3) is 3.22. The molecular formula is C14H22N2O2. The van der Waals surface area contributed by atoms with Crippen LogP contribution in [0.3, 0.4) is 0 Å². The molecule has 0 aromatic heterocycles. The molecule has 1 saturated heterocycles. The van der Waals surface area contributed by atoms with E-state index in [0.29, 0.717) is 13.1 Å². The highest BCUT2D eigenvalue weighted by atomic mass is 16.2. The van der Waals surface area contributed by atoms with Crippen molar-refractivity contribution < 1.29 is 9.59 Å². The zero-order valence-corrected chi connectivity index (χ0v) is 11.1. The highest BCUT2D eigenvalue weighted by Gasteiger charge is 2.33. The molecule has 0 saturated carbocycles. The van der Waals surface area contributed by atoms with Gasteiger partial charge in [-0.05, 0) is 31.4 Å². The molecule has 0 N–H and O–H groups in total. The molecule has 100 valence electrons. The van der Waals surface area contributed by atoms with Gasteiger partial charge in [-0.3, -0.25) is 9.59 Å². The molecule has 18 heavy (non-hydrogen) atoms. The van der Waals surface area contributed by atoms with Crippen LogP contribution in [-0.2, 0) is 9.59 Å².